The molecule has 0 aromatic rings. The largest absolute Gasteiger partial charge is 0.341 e. The van der Waals surface area contributed by atoms with E-state index in [0.717, 1.165) is 25.7 Å². The molecule has 0 amide bonds. The molecule has 0 saturated heterocycles. The fraction of sp³-hybridized carbons (Fsp3) is 1.00. The number of hydrogen-bond donors (Lipinski definition) is 0. The smallest absolute Gasteiger partial charge is 0.225 e. The molecule has 13 heavy (non-hydrogen) atoms. The van der Waals surface area contributed by atoms with E-state index < -0.39 is 11.2 Å². The van der Waals surface area contributed by atoms with Crippen molar-refractivity contribution in [2.24, 2.45) is 0 Å². The van der Waals surface area contributed by atoms with Crippen LogP contribution in [-0.2, 0) is 4.74 Å². The molecule has 0 spiro atoms. The molecule has 0 aliphatic heterocycles. The molecule has 0 bridgehead atoms. The van der Waals surface area contributed by atoms with Gasteiger partial charge in [0.2, 0.25) is 5.85 Å². The van der Waals surface area contributed by atoms with Gasteiger partial charge < -0.3 is 4.74 Å². The molecule has 2 unspecified atom stereocenters. The van der Waals surface area contributed by atoms with Crippen LogP contribution >= 0.6 is 11.6 Å². The van der Waals surface area contributed by atoms with Crippen molar-refractivity contribution in [3.05, 3.63) is 0 Å². The van der Waals surface area contributed by atoms with Crippen molar-refractivity contribution in [1.29, 1.82) is 0 Å². The molecule has 0 radical (unpaired) electrons. The zero-order valence-corrected chi connectivity index (χ0v) is 8.52. The van der Waals surface area contributed by atoms with Crippen LogP contribution in [0.1, 0.15) is 44.9 Å². The summed E-state index contributed by atoms with van der Waals surface area (Å²) in [6.45, 7) is 0. The lowest BCUT2D eigenvalue weighted by Crippen LogP contribution is -2.35. The fourth-order valence-electron chi connectivity index (χ4n) is 2.31. The average Bonchev–Trinajstić information content (AvgIpc) is 2.65. The predicted molar refractivity (Wildman–Crippen MR) is 50.7 cm³/mol. The summed E-state index contributed by atoms with van der Waals surface area (Å²) >= 11 is 5.90. The van der Waals surface area contributed by atoms with E-state index in [0.29, 0.717) is 6.42 Å². The van der Waals surface area contributed by atoms with Crippen LogP contribution in [0.3, 0.4) is 0 Å². The molecule has 0 aromatic carbocycles. The monoisotopic (exact) mass is 206 g/mol. The molecule has 0 aromatic heterocycles. The van der Waals surface area contributed by atoms with Crippen molar-refractivity contribution in [1.82, 2.24) is 0 Å². The van der Waals surface area contributed by atoms with Gasteiger partial charge in [-0.1, -0.05) is 12.8 Å². The van der Waals surface area contributed by atoms with E-state index in [1.165, 1.54) is 12.8 Å². The molecular formula is C10H16ClFO. The lowest BCUT2D eigenvalue weighted by molar-refractivity contribution is -0.169. The number of rotatable bonds is 2. The number of ether oxygens (including phenoxy) is 1. The summed E-state index contributed by atoms with van der Waals surface area (Å²) in [5.41, 5.74) is 0. The maximum Gasteiger partial charge on any atom is 0.225 e. The molecule has 2 aliphatic rings. The van der Waals surface area contributed by atoms with Crippen molar-refractivity contribution < 1.29 is 9.13 Å². The molecular weight excluding hydrogens is 191 g/mol. The van der Waals surface area contributed by atoms with Gasteiger partial charge >= 0.3 is 0 Å². The highest BCUT2D eigenvalue weighted by atomic mass is 35.5. The first kappa shape index (κ1) is 9.72. The van der Waals surface area contributed by atoms with Crippen molar-refractivity contribution in [3.63, 3.8) is 0 Å². The first-order valence-electron chi connectivity index (χ1n) is 5.21. The summed E-state index contributed by atoms with van der Waals surface area (Å²) in [6.07, 6.45) is 6.59. The topological polar surface area (TPSA) is 9.23 Å². The standard InChI is InChI=1S/C10H16ClFO/c11-9-6-3-7-10(9,12)13-8-4-1-2-5-8/h8-9H,1-7H2. The Morgan fingerprint density at radius 3 is 2.38 bits per heavy atom. The Bertz CT molecular complexity index is 182. The molecule has 3 heteroatoms. The minimum Gasteiger partial charge on any atom is -0.341 e. The summed E-state index contributed by atoms with van der Waals surface area (Å²) in [5, 5.41) is -0.423. The van der Waals surface area contributed by atoms with E-state index in [4.69, 9.17) is 16.3 Å². The molecule has 0 heterocycles. The van der Waals surface area contributed by atoms with E-state index in [2.05, 4.69) is 0 Å². The summed E-state index contributed by atoms with van der Waals surface area (Å²) in [6, 6.07) is 0. The van der Waals surface area contributed by atoms with Crippen LogP contribution in [0.25, 0.3) is 0 Å². The Morgan fingerprint density at radius 2 is 1.85 bits per heavy atom. The first-order valence-corrected chi connectivity index (χ1v) is 5.65. The number of hydrogen-bond acceptors (Lipinski definition) is 1. The highest BCUT2D eigenvalue weighted by molar-refractivity contribution is 6.21. The minimum atomic E-state index is -1.52. The maximum absolute atomic E-state index is 14.0. The van der Waals surface area contributed by atoms with Gasteiger partial charge in [-0.25, -0.2) is 4.39 Å². The van der Waals surface area contributed by atoms with Crippen molar-refractivity contribution >= 4 is 11.6 Å². The van der Waals surface area contributed by atoms with Gasteiger partial charge in [0.1, 0.15) is 0 Å². The minimum absolute atomic E-state index is 0.129. The van der Waals surface area contributed by atoms with E-state index in [1.807, 2.05) is 0 Å². The van der Waals surface area contributed by atoms with Crippen molar-refractivity contribution in [3.8, 4) is 0 Å². The highest BCUT2D eigenvalue weighted by Gasteiger charge is 2.45. The summed E-state index contributed by atoms with van der Waals surface area (Å²) in [4.78, 5) is 0. The third-order valence-corrected chi connectivity index (χ3v) is 3.65. The molecule has 2 rings (SSSR count). The summed E-state index contributed by atoms with van der Waals surface area (Å²) in [5.74, 6) is -1.52. The fourth-order valence-corrected chi connectivity index (χ4v) is 2.63. The molecule has 0 N–H and O–H groups in total. The number of alkyl halides is 2. The van der Waals surface area contributed by atoms with Crippen LogP contribution in [0, 0.1) is 0 Å². The van der Waals surface area contributed by atoms with Crippen LogP contribution in [0.15, 0.2) is 0 Å². The van der Waals surface area contributed by atoms with Gasteiger partial charge in [-0.2, -0.15) is 0 Å². The van der Waals surface area contributed by atoms with Crippen LogP contribution in [-0.4, -0.2) is 17.3 Å². The Labute approximate surface area is 83.6 Å². The SMILES string of the molecule is FC1(OC2CCCC2)CCCC1Cl. The van der Waals surface area contributed by atoms with Gasteiger partial charge in [-0.05, 0) is 25.7 Å². The highest BCUT2D eigenvalue weighted by Crippen LogP contribution is 2.41. The van der Waals surface area contributed by atoms with Gasteiger partial charge in [0.15, 0.2) is 0 Å². The second kappa shape index (κ2) is 3.74. The third kappa shape index (κ3) is 1.99. The molecule has 2 atom stereocenters. The second-order valence-corrected chi connectivity index (χ2v) is 4.70. The van der Waals surface area contributed by atoms with E-state index >= 15 is 0 Å². The van der Waals surface area contributed by atoms with Crippen LogP contribution in [0.2, 0.25) is 0 Å². The van der Waals surface area contributed by atoms with E-state index in [9.17, 15) is 4.39 Å². The quantitative estimate of drug-likeness (QED) is 0.630. The van der Waals surface area contributed by atoms with Gasteiger partial charge in [0.25, 0.3) is 0 Å². The van der Waals surface area contributed by atoms with Gasteiger partial charge in [0, 0.05) is 6.42 Å². The van der Waals surface area contributed by atoms with E-state index in [1.54, 1.807) is 0 Å². The van der Waals surface area contributed by atoms with Crippen LogP contribution < -0.4 is 0 Å². The first-order chi connectivity index (χ1) is 6.21. The lowest BCUT2D eigenvalue weighted by atomic mass is 10.2. The second-order valence-electron chi connectivity index (χ2n) is 4.17. The predicted octanol–water partition coefficient (Wildman–Crippen LogP) is 3.40. The van der Waals surface area contributed by atoms with E-state index in [-0.39, 0.29) is 6.10 Å². The normalized spacial score (nSPS) is 41.5. The molecule has 2 saturated carbocycles. The van der Waals surface area contributed by atoms with Gasteiger partial charge in [0.05, 0.1) is 11.5 Å². The maximum atomic E-state index is 14.0. The summed E-state index contributed by atoms with van der Waals surface area (Å²) in [7, 11) is 0. The zero-order valence-electron chi connectivity index (χ0n) is 7.77. The Balaban J connectivity index is 1.91. The molecule has 1 nitrogen and oxygen atoms in total. The lowest BCUT2D eigenvalue weighted by Gasteiger charge is -2.27. The van der Waals surface area contributed by atoms with Crippen molar-refractivity contribution in [2.45, 2.75) is 62.3 Å². The van der Waals surface area contributed by atoms with Gasteiger partial charge in [-0.3, -0.25) is 0 Å². The van der Waals surface area contributed by atoms with Crippen LogP contribution in [0.5, 0.6) is 0 Å². The number of halogens is 2. The average molecular weight is 207 g/mol. The van der Waals surface area contributed by atoms with Gasteiger partial charge in [-0.15, -0.1) is 11.6 Å². The Hall–Kier alpha value is 0.180. The van der Waals surface area contributed by atoms with Crippen LogP contribution in [0.4, 0.5) is 4.39 Å². The molecule has 2 fully saturated rings. The van der Waals surface area contributed by atoms with Crippen molar-refractivity contribution in [2.75, 3.05) is 0 Å². The Kier molecular flexibility index (Phi) is 2.80. The zero-order chi connectivity index (χ0) is 9.31. The Morgan fingerprint density at radius 1 is 1.15 bits per heavy atom. The third-order valence-electron chi connectivity index (χ3n) is 3.11. The molecule has 76 valence electrons. The summed E-state index contributed by atoms with van der Waals surface area (Å²) < 4.78 is 19.5. The molecule has 2 aliphatic carbocycles.